The first-order valence-electron chi connectivity index (χ1n) is 8.84. The molecule has 0 N–H and O–H groups in total. The van der Waals surface area contributed by atoms with E-state index in [9.17, 15) is 4.79 Å². The first-order valence-corrected chi connectivity index (χ1v) is 8.84. The summed E-state index contributed by atoms with van der Waals surface area (Å²) in [7, 11) is 0. The number of rotatable bonds is 1. The summed E-state index contributed by atoms with van der Waals surface area (Å²) in [6, 6.07) is 0. The summed E-state index contributed by atoms with van der Waals surface area (Å²) < 4.78 is 0. The minimum absolute atomic E-state index is 0.326. The van der Waals surface area contributed by atoms with Crippen LogP contribution in [0.25, 0.3) is 0 Å². The Morgan fingerprint density at radius 3 is 2.76 bits per heavy atom. The van der Waals surface area contributed by atoms with Crippen molar-refractivity contribution in [2.45, 2.75) is 59.8 Å². The van der Waals surface area contributed by atoms with E-state index in [2.05, 4.69) is 33.8 Å². The molecule has 0 saturated heterocycles. The molecule has 114 valence electrons. The summed E-state index contributed by atoms with van der Waals surface area (Å²) in [6.07, 6.45) is 8.67. The van der Waals surface area contributed by atoms with Gasteiger partial charge in [-0.3, -0.25) is 4.79 Å². The van der Waals surface area contributed by atoms with Crippen molar-refractivity contribution in [3.63, 3.8) is 0 Å². The molecule has 5 atom stereocenters. The minimum Gasteiger partial charge on any atom is -0.299 e. The van der Waals surface area contributed by atoms with Crippen LogP contribution in [0, 0.1) is 35.0 Å². The van der Waals surface area contributed by atoms with Crippen LogP contribution in [0.1, 0.15) is 59.8 Å². The van der Waals surface area contributed by atoms with Gasteiger partial charge in [-0.25, -0.2) is 0 Å². The SMILES string of the molecule is CC1=C2C[C@]34C[C@H]3C(=O)[C@H](C(C)C)[C@H]4C/C=C(/C)[C@@H]2CC1. The van der Waals surface area contributed by atoms with Crippen LogP contribution in [0.3, 0.4) is 0 Å². The standard InChI is InChI=1S/C20H28O/c1-11(2)18-16-8-6-12(3)14-7-5-13(4)15(14)9-20(16)10-17(20)19(18)21/h6,11,14,16-18H,5,7-10H2,1-4H3/b12-6-/t14-,16+,17-,18+,20+/m0/s1. The van der Waals surface area contributed by atoms with Crippen molar-refractivity contribution in [2.24, 2.45) is 35.0 Å². The molecule has 0 radical (unpaired) electrons. The van der Waals surface area contributed by atoms with Gasteiger partial charge in [0.1, 0.15) is 5.78 Å². The van der Waals surface area contributed by atoms with Crippen molar-refractivity contribution >= 4 is 5.78 Å². The lowest BCUT2D eigenvalue weighted by atomic mass is 9.70. The molecule has 0 aromatic rings. The zero-order valence-electron chi connectivity index (χ0n) is 13.9. The van der Waals surface area contributed by atoms with Gasteiger partial charge >= 0.3 is 0 Å². The lowest BCUT2D eigenvalue weighted by Gasteiger charge is -2.34. The lowest BCUT2D eigenvalue weighted by Crippen LogP contribution is -2.29. The second-order valence-electron chi connectivity index (χ2n) is 8.53. The van der Waals surface area contributed by atoms with Crippen molar-refractivity contribution in [3.8, 4) is 0 Å². The molecule has 0 bridgehead atoms. The number of hydrogen-bond donors (Lipinski definition) is 0. The van der Waals surface area contributed by atoms with Gasteiger partial charge in [0.25, 0.3) is 0 Å². The number of carbonyl (C=O) groups is 1. The van der Waals surface area contributed by atoms with Gasteiger partial charge in [-0.15, -0.1) is 0 Å². The number of fused-ring (bicyclic) bond motifs is 1. The summed E-state index contributed by atoms with van der Waals surface area (Å²) in [4.78, 5) is 12.8. The Bertz CT molecular complexity index is 564. The molecule has 0 amide bonds. The van der Waals surface area contributed by atoms with Gasteiger partial charge < -0.3 is 0 Å². The maximum Gasteiger partial charge on any atom is 0.140 e. The first kappa shape index (κ1) is 13.8. The average Bonchev–Trinajstić information content (AvgIpc) is 2.97. The van der Waals surface area contributed by atoms with Crippen molar-refractivity contribution < 1.29 is 4.79 Å². The summed E-state index contributed by atoms with van der Waals surface area (Å²) in [5, 5.41) is 0. The molecule has 2 saturated carbocycles. The fourth-order valence-electron chi connectivity index (χ4n) is 5.98. The first-order chi connectivity index (χ1) is 9.95. The number of Topliss-reactive ketones (excluding diaryl/α,β-unsaturated/α-hetero) is 1. The summed E-state index contributed by atoms with van der Waals surface area (Å²) in [5.74, 6) is 3.17. The number of allylic oxidation sites excluding steroid dienone is 4. The molecule has 0 aromatic heterocycles. The highest BCUT2D eigenvalue weighted by molar-refractivity contribution is 5.91. The Kier molecular flexibility index (Phi) is 2.85. The molecule has 0 heterocycles. The van der Waals surface area contributed by atoms with Crippen LogP contribution >= 0.6 is 0 Å². The summed E-state index contributed by atoms with van der Waals surface area (Å²) in [6.45, 7) is 9.16. The van der Waals surface area contributed by atoms with Crippen LogP contribution in [-0.2, 0) is 4.79 Å². The van der Waals surface area contributed by atoms with E-state index in [1.807, 2.05) is 0 Å². The molecule has 0 unspecified atom stereocenters. The quantitative estimate of drug-likeness (QED) is 0.624. The molecule has 2 fully saturated rings. The van der Waals surface area contributed by atoms with Crippen molar-refractivity contribution in [1.29, 1.82) is 0 Å². The van der Waals surface area contributed by atoms with Gasteiger partial charge in [0.2, 0.25) is 0 Å². The van der Waals surface area contributed by atoms with E-state index < -0.39 is 0 Å². The zero-order valence-corrected chi connectivity index (χ0v) is 13.9. The Hall–Kier alpha value is -0.850. The van der Waals surface area contributed by atoms with E-state index >= 15 is 0 Å². The number of carbonyl (C=O) groups excluding carboxylic acids is 1. The normalized spacial score (nSPS) is 47.5. The average molecular weight is 284 g/mol. The van der Waals surface area contributed by atoms with Crippen molar-refractivity contribution in [2.75, 3.05) is 0 Å². The van der Waals surface area contributed by atoms with Crippen LogP contribution in [-0.4, -0.2) is 5.78 Å². The fourth-order valence-corrected chi connectivity index (χ4v) is 5.98. The van der Waals surface area contributed by atoms with Crippen LogP contribution in [0.2, 0.25) is 0 Å². The molecule has 4 rings (SSSR count). The molecular formula is C20H28O. The van der Waals surface area contributed by atoms with E-state index in [1.54, 1.807) is 16.7 Å². The molecule has 0 aliphatic heterocycles. The fraction of sp³-hybridized carbons (Fsp3) is 0.750. The van der Waals surface area contributed by atoms with E-state index in [0.29, 0.717) is 40.8 Å². The maximum absolute atomic E-state index is 12.8. The Balaban J connectivity index is 1.77. The Morgan fingerprint density at radius 2 is 2.05 bits per heavy atom. The molecule has 1 heteroatoms. The molecule has 1 spiro atoms. The highest BCUT2D eigenvalue weighted by Crippen LogP contribution is 2.72. The van der Waals surface area contributed by atoms with Crippen LogP contribution < -0.4 is 0 Å². The summed E-state index contributed by atoms with van der Waals surface area (Å²) >= 11 is 0. The van der Waals surface area contributed by atoms with Gasteiger partial charge in [0.15, 0.2) is 0 Å². The topological polar surface area (TPSA) is 17.1 Å². The van der Waals surface area contributed by atoms with Gasteiger partial charge in [0, 0.05) is 17.8 Å². The molecule has 0 aromatic carbocycles. The van der Waals surface area contributed by atoms with E-state index in [1.165, 1.54) is 25.7 Å². The Morgan fingerprint density at radius 1 is 1.29 bits per heavy atom. The highest BCUT2D eigenvalue weighted by atomic mass is 16.1. The molecular weight excluding hydrogens is 256 g/mol. The molecule has 21 heavy (non-hydrogen) atoms. The van der Waals surface area contributed by atoms with E-state index in [0.717, 1.165) is 6.42 Å². The van der Waals surface area contributed by atoms with Gasteiger partial charge in [-0.2, -0.15) is 0 Å². The van der Waals surface area contributed by atoms with Gasteiger partial charge in [0.05, 0.1) is 0 Å². The van der Waals surface area contributed by atoms with Crippen LogP contribution in [0.4, 0.5) is 0 Å². The van der Waals surface area contributed by atoms with Crippen LogP contribution in [0.5, 0.6) is 0 Å². The third kappa shape index (κ3) is 1.72. The number of ketones is 1. The summed E-state index contributed by atoms with van der Waals surface area (Å²) in [5.41, 5.74) is 5.29. The van der Waals surface area contributed by atoms with E-state index in [-0.39, 0.29) is 0 Å². The number of hydrogen-bond acceptors (Lipinski definition) is 1. The van der Waals surface area contributed by atoms with Crippen molar-refractivity contribution in [3.05, 3.63) is 22.8 Å². The third-order valence-electron chi connectivity index (χ3n) is 7.22. The molecule has 4 aliphatic rings. The Labute approximate surface area is 128 Å². The zero-order chi connectivity index (χ0) is 14.9. The van der Waals surface area contributed by atoms with Crippen molar-refractivity contribution in [1.82, 2.24) is 0 Å². The second kappa shape index (κ2) is 4.33. The lowest BCUT2D eigenvalue weighted by molar-refractivity contribution is -0.124. The predicted octanol–water partition coefficient (Wildman–Crippen LogP) is 4.93. The maximum atomic E-state index is 12.8. The minimum atomic E-state index is 0.326. The largest absolute Gasteiger partial charge is 0.299 e. The molecule has 4 aliphatic carbocycles. The highest BCUT2D eigenvalue weighted by Gasteiger charge is 2.70. The van der Waals surface area contributed by atoms with Gasteiger partial charge in [-0.05, 0) is 63.2 Å². The van der Waals surface area contributed by atoms with E-state index in [4.69, 9.17) is 0 Å². The smallest absolute Gasteiger partial charge is 0.140 e. The molecule has 1 nitrogen and oxygen atoms in total. The van der Waals surface area contributed by atoms with Gasteiger partial charge in [-0.1, -0.05) is 36.6 Å². The monoisotopic (exact) mass is 284 g/mol. The van der Waals surface area contributed by atoms with Crippen LogP contribution in [0.15, 0.2) is 22.8 Å². The second-order valence-corrected chi connectivity index (χ2v) is 8.53. The predicted molar refractivity (Wildman–Crippen MR) is 85.8 cm³/mol. The third-order valence-corrected chi connectivity index (χ3v) is 7.22.